The zero-order valence-electron chi connectivity index (χ0n) is 12.6. The van der Waals surface area contributed by atoms with Crippen LogP contribution in [0.5, 0.6) is 5.75 Å². The van der Waals surface area contributed by atoms with Crippen LogP contribution in [0.25, 0.3) is 11.1 Å². The lowest BCUT2D eigenvalue weighted by Crippen LogP contribution is -2.11. The van der Waals surface area contributed by atoms with Crippen LogP contribution in [-0.2, 0) is 5.41 Å². The highest BCUT2D eigenvalue weighted by Crippen LogP contribution is 2.39. The maximum absolute atomic E-state index is 10.2. The lowest BCUT2D eigenvalue weighted by atomic mass is 9.40. The van der Waals surface area contributed by atoms with Crippen LogP contribution >= 0.6 is 15.9 Å². The summed E-state index contributed by atoms with van der Waals surface area (Å²) in [6.45, 7) is 6.50. The minimum absolute atomic E-state index is 0.0553. The van der Waals surface area contributed by atoms with Crippen molar-refractivity contribution in [2.24, 2.45) is 0 Å². The summed E-state index contributed by atoms with van der Waals surface area (Å²) in [7, 11) is 10.0. The first-order chi connectivity index (χ1) is 9.81. The number of rotatable bonds is 1. The molecule has 0 spiro atoms. The van der Waals surface area contributed by atoms with Crippen LogP contribution in [0, 0.1) is 0 Å². The second-order valence-electron chi connectivity index (χ2n) is 5.66. The van der Waals surface area contributed by atoms with Crippen molar-refractivity contribution in [3.8, 4) is 16.9 Å². The van der Waals surface area contributed by atoms with Crippen molar-refractivity contribution in [2.75, 3.05) is 0 Å². The van der Waals surface area contributed by atoms with E-state index in [1.54, 1.807) is 0 Å². The molecule has 21 heavy (non-hydrogen) atoms. The maximum Gasteiger partial charge on any atom is 0.137 e. The Morgan fingerprint density at radius 1 is 1.05 bits per heavy atom. The van der Waals surface area contributed by atoms with Crippen molar-refractivity contribution in [3.63, 3.8) is 0 Å². The summed E-state index contributed by atoms with van der Waals surface area (Å²) in [6.07, 6.45) is 0. The Morgan fingerprint density at radius 2 is 1.57 bits per heavy atom. The highest BCUT2D eigenvalue weighted by molar-refractivity contribution is 9.10. The molecule has 0 saturated carbocycles. The number of hydrogen-bond acceptors (Lipinski definition) is 1. The quantitative estimate of drug-likeness (QED) is 0.781. The highest BCUT2D eigenvalue weighted by atomic mass is 79.9. The van der Waals surface area contributed by atoms with Crippen molar-refractivity contribution < 1.29 is 5.11 Å². The van der Waals surface area contributed by atoms with Gasteiger partial charge in [0.25, 0.3) is 0 Å². The molecule has 0 bridgehead atoms. The van der Waals surface area contributed by atoms with Gasteiger partial charge in [-0.1, -0.05) is 51.1 Å². The standard InChI is InChI=1S/C16H17BrO.B3/c1-16(2,3)12-9-13(15(18)14(17)10-12)11-7-5-4-6-8-11;1-3-2/h4-10,18H,1-3H3;. The summed E-state index contributed by atoms with van der Waals surface area (Å²) in [5.74, 6) is 0.300. The van der Waals surface area contributed by atoms with Crippen molar-refractivity contribution in [3.05, 3.63) is 52.5 Å². The number of halogens is 1. The van der Waals surface area contributed by atoms with Crippen LogP contribution in [0.4, 0.5) is 0 Å². The molecule has 0 aromatic heterocycles. The monoisotopic (exact) mass is 337 g/mol. The van der Waals surface area contributed by atoms with Crippen molar-refractivity contribution in [1.29, 1.82) is 0 Å². The average Bonchev–Trinajstić information content (AvgIpc) is 2.42. The first kappa shape index (κ1) is 18.0. The highest BCUT2D eigenvalue weighted by Gasteiger charge is 2.18. The van der Waals surface area contributed by atoms with E-state index in [0.29, 0.717) is 5.75 Å². The summed E-state index contributed by atoms with van der Waals surface area (Å²) in [4.78, 5) is 0. The fourth-order valence-electron chi connectivity index (χ4n) is 1.87. The Balaban J connectivity index is 0.000000677. The molecule has 5 radical (unpaired) electrons. The molecule has 2 aromatic rings. The largest absolute Gasteiger partial charge is 0.506 e. The molecule has 0 heterocycles. The van der Waals surface area contributed by atoms with E-state index in [1.807, 2.05) is 36.4 Å². The van der Waals surface area contributed by atoms with Gasteiger partial charge in [0, 0.05) is 28.1 Å². The second kappa shape index (κ2) is 7.79. The maximum atomic E-state index is 10.2. The normalized spacial score (nSPS) is 10.5. The molecule has 0 saturated heterocycles. The molecule has 1 N–H and O–H groups in total. The SMILES string of the molecule is CC(C)(C)c1cc(Br)c(O)c(-c2ccccc2)c1.[B][B][B]. The van der Waals surface area contributed by atoms with Crippen molar-refractivity contribution in [1.82, 2.24) is 0 Å². The summed E-state index contributed by atoms with van der Waals surface area (Å²) in [5.41, 5.74) is 3.16. The van der Waals surface area contributed by atoms with Gasteiger partial charge < -0.3 is 5.11 Å². The molecule has 0 fully saturated rings. The van der Waals surface area contributed by atoms with Gasteiger partial charge in [-0.2, -0.15) is 0 Å². The fraction of sp³-hybridized carbons (Fsp3) is 0.250. The van der Waals surface area contributed by atoms with Gasteiger partial charge in [-0.15, -0.1) is 0 Å². The second-order valence-corrected chi connectivity index (χ2v) is 6.52. The van der Waals surface area contributed by atoms with Crippen molar-refractivity contribution in [2.45, 2.75) is 26.2 Å². The number of phenols is 1. The van der Waals surface area contributed by atoms with Gasteiger partial charge in [0.1, 0.15) is 5.75 Å². The molecular formula is C16H17B3BrO. The summed E-state index contributed by atoms with van der Waals surface area (Å²) in [5, 5.41) is 10.2. The van der Waals surface area contributed by atoms with Crippen LogP contribution in [0.15, 0.2) is 46.9 Å². The third-order valence-corrected chi connectivity index (χ3v) is 3.62. The Bertz CT molecular complexity index is 580. The number of benzene rings is 2. The summed E-state index contributed by atoms with van der Waals surface area (Å²) < 4.78 is 0.744. The van der Waals surface area contributed by atoms with Gasteiger partial charge >= 0.3 is 0 Å². The first-order valence-electron chi connectivity index (χ1n) is 6.64. The van der Waals surface area contributed by atoms with Gasteiger partial charge in [0.15, 0.2) is 0 Å². The van der Waals surface area contributed by atoms with E-state index in [4.69, 9.17) is 0 Å². The molecule has 0 amide bonds. The molecule has 2 aromatic carbocycles. The molecule has 2 rings (SSSR count). The Morgan fingerprint density at radius 3 is 2.05 bits per heavy atom. The summed E-state index contributed by atoms with van der Waals surface area (Å²) in [6, 6.07) is 14.0. The Kier molecular flexibility index (Phi) is 6.66. The van der Waals surface area contributed by atoms with Gasteiger partial charge in [0.05, 0.1) is 4.47 Å². The smallest absolute Gasteiger partial charge is 0.137 e. The fourth-order valence-corrected chi connectivity index (χ4v) is 2.33. The Hall–Kier alpha value is -1.09. The molecule has 0 atom stereocenters. The van der Waals surface area contributed by atoms with Gasteiger partial charge in [-0.05, 0) is 44.6 Å². The minimum atomic E-state index is 0.0553. The van der Waals surface area contributed by atoms with E-state index in [1.165, 1.54) is 5.56 Å². The molecule has 0 aliphatic heterocycles. The third kappa shape index (κ3) is 5.00. The van der Waals surface area contributed by atoms with Gasteiger partial charge in [0.2, 0.25) is 0 Å². The molecule has 103 valence electrons. The predicted octanol–water partition coefficient (Wildman–Crippen LogP) is 3.98. The topological polar surface area (TPSA) is 20.2 Å². The van der Waals surface area contributed by atoms with E-state index in [9.17, 15) is 5.11 Å². The average molecular weight is 338 g/mol. The van der Waals surface area contributed by atoms with Crippen LogP contribution in [0.2, 0.25) is 0 Å². The first-order valence-corrected chi connectivity index (χ1v) is 7.44. The molecule has 0 aliphatic carbocycles. The minimum Gasteiger partial charge on any atom is -0.506 e. The van der Waals surface area contributed by atoms with E-state index in [-0.39, 0.29) is 5.41 Å². The van der Waals surface area contributed by atoms with Crippen LogP contribution in [-0.4, -0.2) is 27.6 Å². The van der Waals surface area contributed by atoms with Crippen LogP contribution in [0.3, 0.4) is 0 Å². The molecule has 1 nitrogen and oxygen atoms in total. The third-order valence-electron chi connectivity index (χ3n) is 3.01. The van der Waals surface area contributed by atoms with E-state index >= 15 is 0 Å². The number of phenolic OH excluding ortho intramolecular Hbond substituents is 1. The molecule has 0 unspecified atom stereocenters. The van der Waals surface area contributed by atoms with E-state index in [0.717, 1.165) is 22.7 Å². The summed E-state index contributed by atoms with van der Waals surface area (Å²) >= 11 is 3.44. The molecule has 0 aliphatic rings. The number of hydrogen-bond donors (Lipinski definition) is 1. The van der Waals surface area contributed by atoms with E-state index < -0.39 is 0 Å². The Labute approximate surface area is 139 Å². The molecule has 5 heteroatoms. The van der Waals surface area contributed by atoms with Crippen LogP contribution < -0.4 is 0 Å². The van der Waals surface area contributed by atoms with Crippen LogP contribution in [0.1, 0.15) is 26.3 Å². The van der Waals surface area contributed by atoms with E-state index in [2.05, 4.69) is 58.2 Å². The van der Waals surface area contributed by atoms with Gasteiger partial charge in [-0.25, -0.2) is 0 Å². The number of aromatic hydroxyl groups is 1. The van der Waals surface area contributed by atoms with Gasteiger partial charge in [-0.3, -0.25) is 0 Å². The van der Waals surface area contributed by atoms with Crippen molar-refractivity contribution >= 4 is 38.5 Å². The lowest BCUT2D eigenvalue weighted by molar-refractivity contribution is 0.472. The zero-order valence-corrected chi connectivity index (χ0v) is 14.2. The lowest BCUT2D eigenvalue weighted by Gasteiger charge is -2.21. The molecular weight excluding hydrogens is 321 g/mol. The zero-order chi connectivity index (χ0) is 16.0. The predicted molar refractivity (Wildman–Crippen MR) is 97.2 cm³/mol.